The van der Waals surface area contributed by atoms with Gasteiger partial charge in [0, 0.05) is 6.04 Å². The van der Waals surface area contributed by atoms with Crippen molar-refractivity contribution in [2.75, 3.05) is 13.7 Å². The molecule has 0 heterocycles. The van der Waals surface area contributed by atoms with E-state index in [9.17, 15) is 4.39 Å². The minimum Gasteiger partial charge on any atom is -0.494 e. The number of hydrogen-bond donors (Lipinski definition) is 1. The second kappa shape index (κ2) is 5.72. The van der Waals surface area contributed by atoms with E-state index in [1.165, 1.54) is 38.9 Å². The van der Waals surface area contributed by atoms with Crippen LogP contribution in [0.5, 0.6) is 5.75 Å². The first kappa shape index (κ1) is 13.9. The minimum absolute atomic E-state index is 0.240. The first-order valence-corrected chi connectivity index (χ1v) is 7.76. The van der Waals surface area contributed by atoms with Crippen molar-refractivity contribution in [3.63, 3.8) is 0 Å². The summed E-state index contributed by atoms with van der Waals surface area (Å²) in [5.41, 5.74) is 1.09. The molecule has 3 heteroatoms. The molecule has 110 valence electrons. The van der Waals surface area contributed by atoms with Crippen LogP contribution in [0.1, 0.15) is 44.2 Å². The van der Waals surface area contributed by atoms with Gasteiger partial charge in [-0.15, -0.1) is 0 Å². The molecule has 0 aliphatic heterocycles. The van der Waals surface area contributed by atoms with E-state index in [1.54, 1.807) is 6.07 Å². The van der Waals surface area contributed by atoms with Gasteiger partial charge in [-0.3, -0.25) is 0 Å². The zero-order chi connectivity index (χ0) is 14.1. The van der Waals surface area contributed by atoms with Crippen molar-refractivity contribution in [2.24, 2.45) is 17.8 Å². The number of nitrogens with one attached hydrogen (secondary N) is 1. The van der Waals surface area contributed by atoms with Gasteiger partial charge in [0.05, 0.1) is 7.11 Å². The maximum atomic E-state index is 13.4. The second-order valence-electron chi connectivity index (χ2n) is 6.36. The molecule has 1 N–H and O–H groups in total. The molecule has 0 radical (unpaired) electrons. The SMILES string of the molecule is COc1cc(C(C)NCC(C2CC2)C2CC2)ccc1F. The van der Waals surface area contributed by atoms with Gasteiger partial charge in [-0.1, -0.05) is 6.07 Å². The highest BCUT2D eigenvalue weighted by atomic mass is 19.1. The van der Waals surface area contributed by atoms with Gasteiger partial charge in [0.1, 0.15) is 0 Å². The molecule has 2 fully saturated rings. The Morgan fingerprint density at radius 2 is 1.90 bits per heavy atom. The van der Waals surface area contributed by atoms with E-state index < -0.39 is 0 Å². The second-order valence-corrected chi connectivity index (χ2v) is 6.36. The smallest absolute Gasteiger partial charge is 0.165 e. The summed E-state index contributed by atoms with van der Waals surface area (Å²) in [6.07, 6.45) is 5.67. The number of halogens is 1. The number of hydrogen-bond acceptors (Lipinski definition) is 2. The third-order valence-corrected chi connectivity index (χ3v) is 4.79. The molecular weight excluding hydrogens is 253 g/mol. The lowest BCUT2D eigenvalue weighted by molar-refractivity contribution is 0.360. The lowest BCUT2D eigenvalue weighted by atomic mass is 9.97. The van der Waals surface area contributed by atoms with Crippen molar-refractivity contribution in [1.29, 1.82) is 0 Å². The van der Waals surface area contributed by atoms with Crippen molar-refractivity contribution >= 4 is 0 Å². The van der Waals surface area contributed by atoms with E-state index in [2.05, 4.69) is 12.2 Å². The normalized spacial score (nSPS) is 20.2. The fraction of sp³-hybridized carbons (Fsp3) is 0.647. The zero-order valence-corrected chi connectivity index (χ0v) is 12.4. The van der Waals surface area contributed by atoms with Crippen molar-refractivity contribution in [3.05, 3.63) is 29.6 Å². The van der Waals surface area contributed by atoms with Gasteiger partial charge in [-0.05, 0) is 74.6 Å². The Bertz CT molecular complexity index is 456. The molecule has 0 spiro atoms. The summed E-state index contributed by atoms with van der Waals surface area (Å²) >= 11 is 0. The van der Waals surface area contributed by atoms with Gasteiger partial charge < -0.3 is 10.1 Å². The molecule has 1 atom stereocenters. The Hall–Kier alpha value is -1.09. The van der Waals surface area contributed by atoms with E-state index in [0.717, 1.165) is 29.9 Å². The monoisotopic (exact) mass is 277 g/mol. The Kier molecular flexibility index (Phi) is 3.97. The third kappa shape index (κ3) is 3.14. The summed E-state index contributed by atoms with van der Waals surface area (Å²) in [6, 6.07) is 5.38. The maximum Gasteiger partial charge on any atom is 0.165 e. The number of benzene rings is 1. The van der Waals surface area contributed by atoms with Gasteiger partial charge in [-0.2, -0.15) is 0 Å². The van der Waals surface area contributed by atoms with E-state index in [0.29, 0.717) is 5.75 Å². The van der Waals surface area contributed by atoms with Crippen molar-refractivity contribution in [2.45, 2.75) is 38.6 Å². The summed E-state index contributed by atoms with van der Waals surface area (Å²) in [5.74, 6) is 2.82. The molecule has 20 heavy (non-hydrogen) atoms. The Morgan fingerprint density at radius 3 is 2.45 bits per heavy atom. The summed E-state index contributed by atoms with van der Waals surface area (Å²) in [7, 11) is 1.51. The van der Waals surface area contributed by atoms with Gasteiger partial charge in [-0.25, -0.2) is 4.39 Å². The van der Waals surface area contributed by atoms with Crippen LogP contribution >= 0.6 is 0 Å². The highest BCUT2D eigenvalue weighted by Crippen LogP contribution is 2.49. The first-order valence-electron chi connectivity index (χ1n) is 7.76. The third-order valence-electron chi connectivity index (χ3n) is 4.79. The van der Waals surface area contributed by atoms with Crippen LogP contribution in [0.2, 0.25) is 0 Å². The number of rotatable bonds is 7. The predicted octanol–water partition coefficient (Wildman–Crippen LogP) is 3.92. The molecule has 0 saturated heterocycles. The molecule has 1 unspecified atom stereocenters. The average molecular weight is 277 g/mol. The van der Waals surface area contributed by atoms with Crippen LogP contribution in [0.25, 0.3) is 0 Å². The van der Waals surface area contributed by atoms with Crippen LogP contribution in [0.15, 0.2) is 18.2 Å². The van der Waals surface area contributed by atoms with Crippen molar-refractivity contribution in [1.82, 2.24) is 5.32 Å². The lowest BCUT2D eigenvalue weighted by Gasteiger charge is -2.21. The maximum absolute atomic E-state index is 13.4. The molecule has 2 saturated carbocycles. The highest BCUT2D eigenvalue weighted by molar-refractivity contribution is 5.31. The summed E-state index contributed by atoms with van der Waals surface area (Å²) in [5, 5.41) is 3.63. The fourth-order valence-electron chi connectivity index (χ4n) is 3.14. The number of ether oxygens (including phenoxy) is 1. The van der Waals surface area contributed by atoms with Gasteiger partial charge in [0.2, 0.25) is 0 Å². The van der Waals surface area contributed by atoms with Crippen LogP contribution in [-0.4, -0.2) is 13.7 Å². The van der Waals surface area contributed by atoms with Crippen LogP contribution in [0.4, 0.5) is 4.39 Å². The van der Waals surface area contributed by atoms with Crippen LogP contribution < -0.4 is 10.1 Å². The Morgan fingerprint density at radius 1 is 1.25 bits per heavy atom. The van der Waals surface area contributed by atoms with E-state index >= 15 is 0 Å². The quantitative estimate of drug-likeness (QED) is 0.815. The van der Waals surface area contributed by atoms with E-state index in [1.807, 2.05) is 6.07 Å². The Balaban J connectivity index is 1.59. The molecular formula is C17H24FNO. The molecule has 0 aromatic heterocycles. The molecule has 2 aliphatic carbocycles. The molecule has 1 aromatic rings. The van der Waals surface area contributed by atoms with E-state index in [4.69, 9.17) is 4.74 Å². The predicted molar refractivity (Wildman–Crippen MR) is 78.3 cm³/mol. The van der Waals surface area contributed by atoms with Gasteiger partial charge >= 0.3 is 0 Å². The van der Waals surface area contributed by atoms with Crippen molar-refractivity contribution in [3.8, 4) is 5.75 Å². The highest BCUT2D eigenvalue weighted by Gasteiger charge is 2.41. The molecule has 2 nitrogen and oxygen atoms in total. The molecule has 2 aliphatic rings. The molecule has 3 rings (SSSR count). The van der Waals surface area contributed by atoms with Crippen LogP contribution in [0, 0.1) is 23.6 Å². The number of methoxy groups -OCH3 is 1. The molecule has 1 aromatic carbocycles. The summed E-state index contributed by atoms with van der Waals surface area (Å²) in [6.45, 7) is 3.24. The van der Waals surface area contributed by atoms with Crippen LogP contribution in [0.3, 0.4) is 0 Å². The topological polar surface area (TPSA) is 21.3 Å². The largest absolute Gasteiger partial charge is 0.494 e. The zero-order valence-electron chi connectivity index (χ0n) is 12.4. The summed E-state index contributed by atoms with van der Waals surface area (Å²) in [4.78, 5) is 0. The minimum atomic E-state index is -0.294. The molecule has 0 amide bonds. The Labute approximate surface area is 120 Å². The van der Waals surface area contributed by atoms with Crippen molar-refractivity contribution < 1.29 is 9.13 Å². The fourth-order valence-corrected chi connectivity index (χ4v) is 3.14. The van der Waals surface area contributed by atoms with E-state index in [-0.39, 0.29) is 11.9 Å². The van der Waals surface area contributed by atoms with Gasteiger partial charge in [0.15, 0.2) is 11.6 Å². The first-order chi connectivity index (χ1) is 9.69. The summed E-state index contributed by atoms with van der Waals surface area (Å²) < 4.78 is 18.5. The lowest BCUT2D eigenvalue weighted by Crippen LogP contribution is -2.28. The average Bonchev–Trinajstić information content (AvgIpc) is 3.32. The van der Waals surface area contributed by atoms with Gasteiger partial charge in [0.25, 0.3) is 0 Å². The standard InChI is InChI=1S/C17H24FNO/c1-11(14-7-8-16(18)17(9-14)20-2)19-10-15(12-3-4-12)13-5-6-13/h7-9,11-13,15,19H,3-6,10H2,1-2H3. The molecule has 0 bridgehead atoms. The van der Waals surface area contributed by atoms with Crippen LogP contribution in [-0.2, 0) is 0 Å².